The summed E-state index contributed by atoms with van der Waals surface area (Å²) >= 11 is 0. The summed E-state index contributed by atoms with van der Waals surface area (Å²) in [5, 5.41) is 15.2. The SMILES string of the molecule is CCOC[C@H](O)CN(Cc1c(C)nn(-c2ccccc2)c1Oc1ccc(F)cc1F)CC1CC1. The Balaban J connectivity index is 1.67. The average molecular weight is 472 g/mol. The number of rotatable bonds is 12. The molecule has 8 heteroatoms. The Hall–Kier alpha value is -2.81. The summed E-state index contributed by atoms with van der Waals surface area (Å²) in [5.74, 6) is -0.565. The number of halogens is 2. The second-order valence-electron chi connectivity index (χ2n) is 8.74. The molecular weight excluding hydrogens is 440 g/mol. The lowest BCUT2D eigenvalue weighted by Gasteiger charge is -2.25. The predicted octanol–water partition coefficient (Wildman–Crippen LogP) is 4.86. The molecule has 0 spiro atoms. The van der Waals surface area contributed by atoms with Crippen molar-refractivity contribution in [3.05, 3.63) is 71.4 Å². The lowest BCUT2D eigenvalue weighted by molar-refractivity contribution is 0.0186. The Morgan fingerprint density at radius 1 is 1.18 bits per heavy atom. The summed E-state index contributed by atoms with van der Waals surface area (Å²) in [7, 11) is 0. The van der Waals surface area contributed by atoms with Crippen molar-refractivity contribution >= 4 is 0 Å². The normalized spacial score (nSPS) is 14.5. The minimum atomic E-state index is -0.786. The number of nitrogens with zero attached hydrogens (tertiary/aromatic N) is 3. The van der Waals surface area contributed by atoms with Crippen molar-refractivity contribution < 1.29 is 23.4 Å². The minimum Gasteiger partial charge on any atom is -0.435 e. The maximum absolute atomic E-state index is 14.5. The van der Waals surface area contributed by atoms with E-state index >= 15 is 0 Å². The molecule has 1 aliphatic carbocycles. The first kappa shape index (κ1) is 24.3. The summed E-state index contributed by atoms with van der Waals surface area (Å²) in [6.45, 7) is 6.34. The van der Waals surface area contributed by atoms with E-state index in [-0.39, 0.29) is 12.4 Å². The van der Waals surface area contributed by atoms with Crippen molar-refractivity contribution in [1.82, 2.24) is 14.7 Å². The van der Waals surface area contributed by atoms with Crippen molar-refractivity contribution in [3.63, 3.8) is 0 Å². The van der Waals surface area contributed by atoms with Gasteiger partial charge < -0.3 is 14.6 Å². The van der Waals surface area contributed by atoms with Crippen molar-refractivity contribution in [2.24, 2.45) is 5.92 Å². The zero-order chi connectivity index (χ0) is 24.1. The Labute approximate surface area is 198 Å². The Morgan fingerprint density at radius 2 is 1.94 bits per heavy atom. The van der Waals surface area contributed by atoms with Crippen LogP contribution in [0.15, 0.2) is 48.5 Å². The van der Waals surface area contributed by atoms with Gasteiger partial charge in [-0.25, -0.2) is 13.5 Å². The first-order valence-electron chi connectivity index (χ1n) is 11.7. The molecule has 0 amide bonds. The molecule has 4 rings (SSSR count). The molecule has 2 aromatic carbocycles. The van der Waals surface area contributed by atoms with Gasteiger partial charge in [0.25, 0.3) is 0 Å². The third-order valence-corrected chi connectivity index (χ3v) is 5.82. The van der Waals surface area contributed by atoms with Gasteiger partial charge >= 0.3 is 0 Å². The third kappa shape index (κ3) is 6.20. The van der Waals surface area contributed by atoms with Crippen LogP contribution in [-0.4, -0.2) is 52.2 Å². The second kappa shape index (κ2) is 11.1. The van der Waals surface area contributed by atoms with Gasteiger partial charge in [0, 0.05) is 32.3 Å². The highest BCUT2D eigenvalue weighted by Gasteiger charge is 2.28. The molecule has 1 aromatic heterocycles. The maximum Gasteiger partial charge on any atom is 0.227 e. The monoisotopic (exact) mass is 471 g/mol. The number of aliphatic hydroxyl groups is 1. The van der Waals surface area contributed by atoms with Crippen LogP contribution in [0.3, 0.4) is 0 Å². The molecule has 6 nitrogen and oxygen atoms in total. The molecular formula is C26H31F2N3O3. The van der Waals surface area contributed by atoms with Crippen molar-refractivity contribution in [1.29, 1.82) is 0 Å². The van der Waals surface area contributed by atoms with Crippen LogP contribution in [0, 0.1) is 24.5 Å². The van der Waals surface area contributed by atoms with E-state index in [1.165, 1.54) is 18.9 Å². The zero-order valence-corrected chi connectivity index (χ0v) is 19.6. The van der Waals surface area contributed by atoms with Crippen LogP contribution < -0.4 is 4.74 Å². The largest absolute Gasteiger partial charge is 0.435 e. The third-order valence-electron chi connectivity index (χ3n) is 5.82. The summed E-state index contributed by atoms with van der Waals surface area (Å²) in [5.41, 5.74) is 2.29. The van der Waals surface area contributed by atoms with Crippen molar-refractivity contribution in [2.75, 3.05) is 26.3 Å². The van der Waals surface area contributed by atoms with Crippen LogP contribution in [0.1, 0.15) is 31.0 Å². The van der Waals surface area contributed by atoms with E-state index < -0.39 is 17.7 Å². The topological polar surface area (TPSA) is 59.8 Å². The molecule has 1 heterocycles. The number of aromatic nitrogens is 2. The van der Waals surface area contributed by atoms with Crippen LogP contribution in [-0.2, 0) is 11.3 Å². The van der Waals surface area contributed by atoms with Gasteiger partial charge in [0.05, 0.1) is 29.7 Å². The molecule has 0 aliphatic heterocycles. The standard InChI is InChI=1S/C26H31F2N3O3/c1-3-33-17-22(32)15-30(14-19-9-10-19)16-23-18(2)29-31(21-7-5-4-6-8-21)26(23)34-25-12-11-20(27)13-24(25)28/h4-8,11-13,19,22,32H,3,9-10,14-17H2,1-2H3/t22-/m1/s1. The Kier molecular flexibility index (Phi) is 7.92. The molecule has 34 heavy (non-hydrogen) atoms. The van der Waals surface area contributed by atoms with E-state index in [1.807, 2.05) is 44.2 Å². The number of hydrogen-bond acceptors (Lipinski definition) is 5. The average Bonchev–Trinajstić information content (AvgIpc) is 3.58. The highest BCUT2D eigenvalue weighted by molar-refractivity contribution is 5.43. The number of aliphatic hydroxyl groups excluding tert-OH is 1. The molecule has 182 valence electrons. The van der Waals surface area contributed by atoms with Crippen LogP contribution in [0.5, 0.6) is 11.6 Å². The first-order valence-corrected chi connectivity index (χ1v) is 11.7. The number of benzene rings is 2. The van der Waals surface area contributed by atoms with Gasteiger partial charge in [-0.3, -0.25) is 4.90 Å². The predicted molar refractivity (Wildman–Crippen MR) is 125 cm³/mol. The number of aryl methyl sites for hydroxylation is 1. The van der Waals surface area contributed by atoms with E-state index in [2.05, 4.69) is 10.00 Å². The molecule has 1 atom stereocenters. The first-order chi connectivity index (χ1) is 16.4. The number of ether oxygens (including phenoxy) is 2. The minimum absolute atomic E-state index is 0.0788. The van der Waals surface area contributed by atoms with E-state index in [4.69, 9.17) is 9.47 Å². The van der Waals surface area contributed by atoms with E-state index in [0.717, 1.165) is 35.6 Å². The summed E-state index contributed by atoms with van der Waals surface area (Å²) in [4.78, 5) is 2.18. The van der Waals surface area contributed by atoms with Crippen LogP contribution in [0.25, 0.3) is 5.69 Å². The van der Waals surface area contributed by atoms with Gasteiger partial charge in [0.1, 0.15) is 5.82 Å². The molecule has 0 radical (unpaired) electrons. The number of para-hydroxylation sites is 1. The van der Waals surface area contributed by atoms with E-state index in [1.54, 1.807) is 4.68 Å². The van der Waals surface area contributed by atoms with Gasteiger partial charge in [-0.2, -0.15) is 5.10 Å². The Morgan fingerprint density at radius 3 is 2.62 bits per heavy atom. The molecule has 3 aromatic rings. The molecule has 1 fully saturated rings. The van der Waals surface area contributed by atoms with Crippen LogP contribution in [0.4, 0.5) is 8.78 Å². The van der Waals surface area contributed by atoms with E-state index in [0.29, 0.717) is 31.5 Å². The molecule has 0 unspecified atom stereocenters. The molecule has 1 N–H and O–H groups in total. The van der Waals surface area contributed by atoms with Gasteiger partial charge in [-0.1, -0.05) is 18.2 Å². The van der Waals surface area contributed by atoms with Gasteiger partial charge in [0.2, 0.25) is 5.88 Å². The van der Waals surface area contributed by atoms with Crippen LogP contribution in [0.2, 0.25) is 0 Å². The fourth-order valence-electron chi connectivity index (χ4n) is 3.93. The quantitative estimate of drug-likeness (QED) is 0.409. The zero-order valence-electron chi connectivity index (χ0n) is 19.6. The number of hydrogen-bond donors (Lipinski definition) is 1. The van der Waals surface area contributed by atoms with Crippen molar-refractivity contribution in [2.45, 2.75) is 39.3 Å². The van der Waals surface area contributed by atoms with Gasteiger partial charge in [-0.05, 0) is 56.9 Å². The second-order valence-corrected chi connectivity index (χ2v) is 8.74. The lowest BCUT2D eigenvalue weighted by Crippen LogP contribution is -2.36. The van der Waals surface area contributed by atoms with Gasteiger partial charge in [-0.15, -0.1) is 0 Å². The summed E-state index contributed by atoms with van der Waals surface area (Å²) < 4.78 is 41.0. The van der Waals surface area contributed by atoms with Gasteiger partial charge in [0.15, 0.2) is 11.6 Å². The maximum atomic E-state index is 14.5. The Bertz CT molecular complexity index is 1090. The van der Waals surface area contributed by atoms with Crippen LogP contribution >= 0.6 is 0 Å². The molecule has 0 bridgehead atoms. The molecule has 0 saturated heterocycles. The summed E-state index contributed by atoms with van der Waals surface area (Å²) in [6.07, 6.45) is 1.72. The highest BCUT2D eigenvalue weighted by atomic mass is 19.1. The lowest BCUT2D eigenvalue weighted by atomic mass is 10.2. The smallest absolute Gasteiger partial charge is 0.227 e. The highest BCUT2D eigenvalue weighted by Crippen LogP contribution is 2.35. The van der Waals surface area contributed by atoms with E-state index in [9.17, 15) is 13.9 Å². The fraction of sp³-hybridized carbons (Fsp3) is 0.423. The molecule has 1 aliphatic rings. The molecule has 1 saturated carbocycles. The summed E-state index contributed by atoms with van der Waals surface area (Å²) in [6, 6.07) is 12.7. The fourth-order valence-corrected chi connectivity index (χ4v) is 3.93. The van der Waals surface area contributed by atoms with Crippen molar-refractivity contribution in [3.8, 4) is 17.3 Å².